The molecule has 0 bridgehead atoms. The standard InChI is InChI=1S/C20H37N5O/c1-15(2)18-12-17(26-24-18)13-22-20(21-5)23-14-19(16(3)4)25-10-8-6-7-9-11-25/h12,15-16,19H,6-11,13-14H2,1-5H3,(H2,21,22,23). The molecule has 1 fully saturated rings. The highest BCUT2D eigenvalue weighted by Crippen LogP contribution is 2.17. The molecule has 0 aliphatic carbocycles. The van der Waals surface area contributed by atoms with E-state index >= 15 is 0 Å². The van der Waals surface area contributed by atoms with Crippen LogP contribution < -0.4 is 10.6 Å². The minimum atomic E-state index is 0.380. The molecule has 1 aliphatic rings. The molecule has 6 heteroatoms. The summed E-state index contributed by atoms with van der Waals surface area (Å²) in [4.78, 5) is 7.01. The zero-order valence-electron chi connectivity index (χ0n) is 17.2. The molecule has 2 N–H and O–H groups in total. The van der Waals surface area contributed by atoms with E-state index in [1.807, 2.05) is 13.1 Å². The van der Waals surface area contributed by atoms with Gasteiger partial charge in [0.1, 0.15) is 0 Å². The third-order valence-electron chi connectivity index (χ3n) is 5.18. The van der Waals surface area contributed by atoms with Crippen molar-refractivity contribution in [3.8, 4) is 0 Å². The molecule has 6 nitrogen and oxygen atoms in total. The molecule has 2 heterocycles. The van der Waals surface area contributed by atoms with E-state index in [0.717, 1.165) is 24.0 Å². The van der Waals surface area contributed by atoms with Gasteiger partial charge >= 0.3 is 0 Å². The van der Waals surface area contributed by atoms with Gasteiger partial charge in [0, 0.05) is 25.7 Å². The van der Waals surface area contributed by atoms with Gasteiger partial charge in [-0.15, -0.1) is 0 Å². The fourth-order valence-electron chi connectivity index (χ4n) is 3.49. The third kappa shape index (κ3) is 6.31. The summed E-state index contributed by atoms with van der Waals surface area (Å²) in [6, 6.07) is 2.54. The van der Waals surface area contributed by atoms with Crippen molar-refractivity contribution in [2.24, 2.45) is 10.9 Å². The predicted molar refractivity (Wildman–Crippen MR) is 107 cm³/mol. The van der Waals surface area contributed by atoms with Gasteiger partial charge in [0.2, 0.25) is 0 Å². The van der Waals surface area contributed by atoms with Crippen LogP contribution in [0.25, 0.3) is 0 Å². The first kappa shape index (κ1) is 20.7. The molecule has 1 aromatic rings. The molecular weight excluding hydrogens is 326 g/mol. The molecule has 26 heavy (non-hydrogen) atoms. The van der Waals surface area contributed by atoms with E-state index < -0.39 is 0 Å². The Bertz CT molecular complexity index is 544. The zero-order chi connectivity index (χ0) is 18.9. The highest BCUT2D eigenvalue weighted by molar-refractivity contribution is 5.79. The number of nitrogens with one attached hydrogen (secondary N) is 2. The zero-order valence-corrected chi connectivity index (χ0v) is 17.2. The number of hydrogen-bond acceptors (Lipinski definition) is 4. The number of rotatable bonds is 7. The van der Waals surface area contributed by atoms with Gasteiger partial charge in [-0.1, -0.05) is 45.7 Å². The second-order valence-electron chi connectivity index (χ2n) is 7.94. The molecule has 1 aromatic heterocycles. The van der Waals surface area contributed by atoms with Crippen molar-refractivity contribution in [1.82, 2.24) is 20.7 Å². The Morgan fingerprint density at radius 3 is 2.38 bits per heavy atom. The molecule has 0 saturated carbocycles. The van der Waals surface area contributed by atoms with E-state index in [-0.39, 0.29) is 0 Å². The van der Waals surface area contributed by atoms with Gasteiger partial charge in [-0.05, 0) is 37.8 Å². The summed E-state index contributed by atoms with van der Waals surface area (Å²) in [5, 5.41) is 10.9. The van der Waals surface area contributed by atoms with Crippen molar-refractivity contribution in [1.29, 1.82) is 0 Å². The van der Waals surface area contributed by atoms with E-state index in [4.69, 9.17) is 4.52 Å². The van der Waals surface area contributed by atoms with E-state index in [1.54, 1.807) is 0 Å². The number of likely N-dealkylation sites (tertiary alicyclic amines) is 1. The van der Waals surface area contributed by atoms with Crippen LogP contribution >= 0.6 is 0 Å². The van der Waals surface area contributed by atoms with Gasteiger partial charge < -0.3 is 15.2 Å². The molecule has 1 aliphatic heterocycles. The van der Waals surface area contributed by atoms with Crippen LogP contribution in [0.5, 0.6) is 0 Å². The number of guanidine groups is 1. The summed E-state index contributed by atoms with van der Waals surface area (Å²) in [7, 11) is 1.81. The summed E-state index contributed by atoms with van der Waals surface area (Å²) in [6.45, 7) is 12.8. The average Bonchev–Trinajstić information content (AvgIpc) is 2.93. The summed E-state index contributed by atoms with van der Waals surface area (Å²) >= 11 is 0. The van der Waals surface area contributed by atoms with Crippen molar-refractivity contribution >= 4 is 5.96 Å². The number of aromatic nitrogens is 1. The Morgan fingerprint density at radius 1 is 1.15 bits per heavy atom. The molecule has 1 unspecified atom stereocenters. The molecule has 0 spiro atoms. The first-order chi connectivity index (χ1) is 12.5. The summed E-state index contributed by atoms with van der Waals surface area (Å²) in [6.07, 6.45) is 5.38. The lowest BCUT2D eigenvalue weighted by Gasteiger charge is -2.34. The average molecular weight is 364 g/mol. The predicted octanol–water partition coefficient (Wildman–Crippen LogP) is 3.36. The van der Waals surface area contributed by atoms with Crippen LogP contribution in [0.4, 0.5) is 0 Å². The van der Waals surface area contributed by atoms with Crippen molar-refractivity contribution < 1.29 is 4.52 Å². The van der Waals surface area contributed by atoms with E-state index in [2.05, 4.69) is 53.4 Å². The highest BCUT2D eigenvalue weighted by Gasteiger charge is 2.23. The minimum Gasteiger partial charge on any atom is -0.359 e. The normalized spacial score (nSPS) is 18.2. The SMILES string of the molecule is CN=C(NCc1cc(C(C)C)no1)NCC(C(C)C)N1CCCCCC1. The van der Waals surface area contributed by atoms with E-state index in [1.165, 1.54) is 38.8 Å². The number of hydrogen-bond donors (Lipinski definition) is 2. The van der Waals surface area contributed by atoms with Crippen LogP contribution in [-0.2, 0) is 6.54 Å². The third-order valence-corrected chi connectivity index (χ3v) is 5.18. The summed E-state index contributed by atoms with van der Waals surface area (Å²) in [5.41, 5.74) is 0.991. The van der Waals surface area contributed by atoms with Gasteiger partial charge in [0.25, 0.3) is 0 Å². The van der Waals surface area contributed by atoms with Gasteiger partial charge in [-0.2, -0.15) is 0 Å². The molecule has 2 rings (SSSR count). The number of aliphatic imine (C=N–C) groups is 1. The van der Waals surface area contributed by atoms with Crippen LogP contribution in [0, 0.1) is 5.92 Å². The Morgan fingerprint density at radius 2 is 1.85 bits per heavy atom. The molecular formula is C20H37N5O. The fourth-order valence-corrected chi connectivity index (χ4v) is 3.49. The lowest BCUT2D eigenvalue weighted by atomic mass is 10.0. The topological polar surface area (TPSA) is 65.7 Å². The first-order valence-corrected chi connectivity index (χ1v) is 10.1. The number of nitrogens with zero attached hydrogens (tertiary/aromatic N) is 3. The molecule has 1 saturated heterocycles. The fraction of sp³-hybridized carbons (Fsp3) is 0.800. The monoisotopic (exact) mass is 363 g/mol. The quantitative estimate of drug-likeness (QED) is 0.574. The summed E-state index contributed by atoms with van der Waals surface area (Å²) < 4.78 is 5.39. The Balaban J connectivity index is 1.85. The maximum atomic E-state index is 5.39. The maximum absolute atomic E-state index is 5.39. The van der Waals surface area contributed by atoms with E-state index in [0.29, 0.717) is 24.4 Å². The van der Waals surface area contributed by atoms with Crippen LogP contribution in [0.15, 0.2) is 15.6 Å². The lowest BCUT2D eigenvalue weighted by Crippen LogP contribution is -2.49. The van der Waals surface area contributed by atoms with Crippen molar-refractivity contribution in [3.05, 3.63) is 17.5 Å². The van der Waals surface area contributed by atoms with Crippen LogP contribution in [0.1, 0.15) is 70.8 Å². The molecule has 0 aromatic carbocycles. The maximum Gasteiger partial charge on any atom is 0.191 e. The van der Waals surface area contributed by atoms with Gasteiger partial charge in [0.15, 0.2) is 11.7 Å². The lowest BCUT2D eigenvalue weighted by molar-refractivity contribution is 0.161. The molecule has 0 amide bonds. The van der Waals surface area contributed by atoms with Crippen molar-refractivity contribution in [2.45, 2.75) is 71.9 Å². The molecule has 0 radical (unpaired) electrons. The van der Waals surface area contributed by atoms with Crippen molar-refractivity contribution in [2.75, 3.05) is 26.7 Å². The molecule has 148 valence electrons. The summed E-state index contributed by atoms with van der Waals surface area (Å²) in [5.74, 6) is 2.64. The Hall–Kier alpha value is -1.56. The van der Waals surface area contributed by atoms with Gasteiger partial charge in [0.05, 0.1) is 12.2 Å². The minimum absolute atomic E-state index is 0.380. The Labute approximate surface area is 158 Å². The van der Waals surface area contributed by atoms with Crippen LogP contribution in [-0.4, -0.2) is 48.7 Å². The second kappa shape index (κ2) is 10.6. The second-order valence-corrected chi connectivity index (χ2v) is 7.94. The van der Waals surface area contributed by atoms with E-state index in [9.17, 15) is 0 Å². The smallest absolute Gasteiger partial charge is 0.191 e. The van der Waals surface area contributed by atoms with Crippen molar-refractivity contribution in [3.63, 3.8) is 0 Å². The van der Waals surface area contributed by atoms with Crippen LogP contribution in [0.2, 0.25) is 0 Å². The Kier molecular flexibility index (Phi) is 8.42. The van der Waals surface area contributed by atoms with Crippen LogP contribution in [0.3, 0.4) is 0 Å². The molecule has 1 atom stereocenters. The highest BCUT2D eigenvalue weighted by atomic mass is 16.5. The van der Waals surface area contributed by atoms with Gasteiger partial charge in [-0.25, -0.2) is 0 Å². The van der Waals surface area contributed by atoms with Gasteiger partial charge in [-0.3, -0.25) is 9.89 Å². The first-order valence-electron chi connectivity index (χ1n) is 10.1. The largest absolute Gasteiger partial charge is 0.359 e.